The van der Waals surface area contributed by atoms with Crippen LogP contribution in [-0.4, -0.2) is 25.4 Å². The number of aliphatic imine (C=N–C) groups is 2. The highest BCUT2D eigenvalue weighted by Gasteiger charge is 2.20. The first-order valence-corrected chi connectivity index (χ1v) is 19.9. The third-order valence-corrected chi connectivity index (χ3v) is 11.3. The molecule has 0 radical (unpaired) electrons. The second kappa shape index (κ2) is 14.2. The van der Waals surface area contributed by atoms with Crippen molar-refractivity contribution in [1.29, 1.82) is 0 Å². The summed E-state index contributed by atoms with van der Waals surface area (Å²) in [5, 5.41) is 5.91. The summed E-state index contributed by atoms with van der Waals surface area (Å²) in [5.74, 6) is 0.960. The summed E-state index contributed by atoms with van der Waals surface area (Å²) in [6.07, 6.45) is 2.17. The molecule has 0 aliphatic carbocycles. The third kappa shape index (κ3) is 5.89. The first kappa shape index (κ1) is 34.3. The summed E-state index contributed by atoms with van der Waals surface area (Å²) in [6.45, 7) is 0.481. The topological polar surface area (TPSA) is 65.5 Å². The van der Waals surface area contributed by atoms with Crippen molar-refractivity contribution in [3.8, 4) is 17.1 Å². The minimum absolute atomic E-state index is 0.380. The fourth-order valence-corrected chi connectivity index (χ4v) is 8.67. The SMILES string of the molecule is NC(=NC(=NCc1ccccc1)c1ccccc1)c1cc(-n2c3ccccc3c3ccccc32)cc(-n2c3ccccc3c3ccc4c(ccn4-c4ccccc4)c32)c1. The summed E-state index contributed by atoms with van der Waals surface area (Å²) in [5.41, 5.74) is 18.7. The van der Waals surface area contributed by atoms with Crippen molar-refractivity contribution in [3.63, 3.8) is 0 Å². The van der Waals surface area contributed by atoms with E-state index >= 15 is 0 Å². The molecular weight excluding hydrogens is 721 g/mol. The van der Waals surface area contributed by atoms with Gasteiger partial charge in [0.1, 0.15) is 5.84 Å². The molecule has 0 saturated heterocycles. The number of amidine groups is 2. The van der Waals surface area contributed by atoms with Gasteiger partial charge in [0.2, 0.25) is 0 Å². The minimum Gasteiger partial charge on any atom is -0.383 e. The van der Waals surface area contributed by atoms with Crippen LogP contribution in [-0.2, 0) is 6.54 Å². The molecule has 3 heterocycles. The van der Waals surface area contributed by atoms with Gasteiger partial charge in [-0.05, 0) is 66.2 Å². The number of rotatable bonds is 7. The summed E-state index contributed by atoms with van der Waals surface area (Å²) >= 11 is 0. The molecule has 0 saturated carbocycles. The van der Waals surface area contributed by atoms with Gasteiger partial charge in [0.05, 0.1) is 34.1 Å². The molecule has 11 rings (SSSR count). The second-order valence-corrected chi connectivity index (χ2v) is 14.9. The molecule has 59 heavy (non-hydrogen) atoms. The minimum atomic E-state index is 0.380. The van der Waals surface area contributed by atoms with Crippen molar-refractivity contribution < 1.29 is 0 Å². The molecule has 8 aromatic carbocycles. The zero-order valence-corrected chi connectivity index (χ0v) is 32.2. The van der Waals surface area contributed by atoms with Crippen molar-refractivity contribution >= 4 is 66.2 Å². The van der Waals surface area contributed by atoms with E-state index in [1.807, 2.05) is 48.5 Å². The zero-order chi connectivity index (χ0) is 39.3. The van der Waals surface area contributed by atoms with Gasteiger partial charge in [0.15, 0.2) is 5.84 Å². The van der Waals surface area contributed by atoms with Crippen LogP contribution in [0.4, 0.5) is 0 Å². The van der Waals surface area contributed by atoms with Crippen LogP contribution in [0.15, 0.2) is 216 Å². The van der Waals surface area contributed by atoms with Gasteiger partial charge in [-0.1, -0.05) is 140 Å². The molecule has 0 atom stereocenters. The van der Waals surface area contributed by atoms with Crippen molar-refractivity contribution in [1.82, 2.24) is 13.7 Å². The van der Waals surface area contributed by atoms with E-state index in [0.717, 1.165) is 66.7 Å². The van der Waals surface area contributed by atoms with Crippen LogP contribution >= 0.6 is 0 Å². The van der Waals surface area contributed by atoms with E-state index < -0.39 is 0 Å². The van der Waals surface area contributed by atoms with E-state index in [4.69, 9.17) is 15.7 Å². The van der Waals surface area contributed by atoms with Gasteiger partial charge in [-0.3, -0.25) is 4.99 Å². The number of aromatic nitrogens is 3. The van der Waals surface area contributed by atoms with Crippen LogP contribution in [0.3, 0.4) is 0 Å². The number of para-hydroxylation sites is 4. The van der Waals surface area contributed by atoms with E-state index in [1.165, 1.54) is 21.5 Å². The molecule has 0 aliphatic heterocycles. The molecule has 0 amide bonds. The number of hydrogen-bond donors (Lipinski definition) is 1. The first-order chi connectivity index (χ1) is 29.2. The van der Waals surface area contributed by atoms with E-state index in [2.05, 4.69) is 172 Å². The Morgan fingerprint density at radius 1 is 0.424 bits per heavy atom. The van der Waals surface area contributed by atoms with Crippen LogP contribution < -0.4 is 5.73 Å². The number of hydrogen-bond acceptors (Lipinski definition) is 1. The van der Waals surface area contributed by atoms with Gasteiger partial charge in [-0.15, -0.1) is 0 Å². The van der Waals surface area contributed by atoms with Crippen molar-refractivity contribution in [3.05, 3.63) is 223 Å². The largest absolute Gasteiger partial charge is 0.383 e. The van der Waals surface area contributed by atoms with Gasteiger partial charge in [0.25, 0.3) is 0 Å². The Labute approximate surface area is 341 Å². The number of nitrogens with zero attached hydrogens (tertiary/aromatic N) is 5. The standard InChI is InChI=1S/C53H38N6/c54-52(56-53(37-18-6-2-7-19-37)55-35-36-16-4-1-5-17-36)38-32-40(58-48-25-13-10-22-42(48)43-23-11-14-26-49(43)58)34-41(33-38)59-50-27-15-12-24-44(50)45-28-29-47-46(51(45)59)30-31-57(47)39-20-8-3-9-21-39/h1-34H,35H2,(H2,54,55,56). The van der Waals surface area contributed by atoms with Crippen LogP contribution in [0.2, 0.25) is 0 Å². The monoisotopic (exact) mass is 758 g/mol. The summed E-state index contributed by atoms with van der Waals surface area (Å²) in [7, 11) is 0. The Morgan fingerprint density at radius 2 is 0.966 bits per heavy atom. The Hall–Kier alpha value is -7.96. The first-order valence-electron chi connectivity index (χ1n) is 19.9. The van der Waals surface area contributed by atoms with Gasteiger partial charge >= 0.3 is 0 Å². The predicted octanol–water partition coefficient (Wildman–Crippen LogP) is 12.2. The van der Waals surface area contributed by atoms with Crippen LogP contribution in [0.25, 0.3) is 71.6 Å². The molecule has 11 aromatic rings. The highest BCUT2D eigenvalue weighted by molar-refractivity contribution is 6.19. The smallest absolute Gasteiger partial charge is 0.157 e. The predicted molar refractivity (Wildman–Crippen MR) is 246 cm³/mol. The van der Waals surface area contributed by atoms with Gasteiger partial charge < -0.3 is 19.4 Å². The molecule has 6 heteroatoms. The summed E-state index contributed by atoms with van der Waals surface area (Å²) in [6, 6.07) is 70.1. The second-order valence-electron chi connectivity index (χ2n) is 14.9. The van der Waals surface area contributed by atoms with E-state index in [9.17, 15) is 0 Å². The van der Waals surface area contributed by atoms with Crippen LogP contribution in [0, 0.1) is 0 Å². The van der Waals surface area contributed by atoms with Crippen molar-refractivity contribution in [2.45, 2.75) is 6.54 Å². The van der Waals surface area contributed by atoms with Gasteiger partial charge in [-0.25, -0.2) is 4.99 Å². The molecule has 0 unspecified atom stereocenters. The van der Waals surface area contributed by atoms with E-state index in [0.29, 0.717) is 18.2 Å². The van der Waals surface area contributed by atoms with Gasteiger partial charge in [0, 0.05) is 61.3 Å². The zero-order valence-electron chi connectivity index (χ0n) is 32.2. The molecule has 0 fully saturated rings. The fraction of sp³-hybridized carbons (Fsp3) is 0.0189. The molecule has 2 N–H and O–H groups in total. The number of benzene rings is 8. The third-order valence-electron chi connectivity index (χ3n) is 11.3. The maximum absolute atomic E-state index is 7.20. The van der Waals surface area contributed by atoms with Crippen molar-refractivity contribution in [2.24, 2.45) is 15.7 Å². The Balaban J connectivity index is 1.19. The van der Waals surface area contributed by atoms with E-state index in [-0.39, 0.29) is 0 Å². The molecule has 280 valence electrons. The lowest BCUT2D eigenvalue weighted by molar-refractivity contribution is 1.06. The number of fused-ring (bicyclic) bond motifs is 8. The Kier molecular flexibility index (Phi) is 8.26. The lowest BCUT2D eigenvalue weighted by atomic mass is 10.1. The Bertz CT molecular complexity index is 3350. The lowest BCUT2D eigenvalue weighted by Gasteiger charge is -2.16. The van der Waals surface area contributed by atoms with Gasteiger partial charge in [-0.2, -0.15) is 0 Å². The average molecular weight is 759 g/mol. The maximum Gasteiger partial charge on any atom is 0.157 e. The summed E-state index contributed by atoms with van der Waals surface area (Å²) < 4.78 is 7.02. The lowest BCUT2D eigenvalue weighted by Crippen LogP contribution is -2.17. The molecule has 0 aliphatic rings. The highest BCUT2D eigenvalue weighted by Crippen LogP contribution is 2.39. The molecule has 6 nitrogen and oxygen atoms in total. The average Bonchev–Trinajstić information content (AvgIpc) is 3.99. The maximum atomic E-state index is 7.20. The number of nitrogens with two attached hydrogens (primary N) is 1. The highest BCUT2D eigenvalue weighted by atomic mass is 15.0. The quantitative estimate of drug-likeness (QED) is 0.128. The van der Waals surface area contributed by atoms with E-state index in [1.54, 1.807) is 0 Å². The fourth-order valence-electron chi connectivity index (χ4n) is 8.67. The van der Waals surface area contributed by atoms with Crippen LogP contribution in [0.5, 0.6) is 0 Å². The molecule has 0 bridgehead atoms. The summed E-state index contributed by atoms with van der Waals surface area (Å²) in [4.78, 5) is 10.2. The Morgan fingerprint density at radius 3 is 1.63 bits per heavy atom. The van der Waals surface area contributed by atoms with Crippen LogP contribution in [0.1, 0.15) is 16.7 Å². The van der Waals surface area contributed by atoms with Crippen molar-refractivity contribution in [2.75, 3.05) is 0 Å². The molecular formula is C53H38N6. The molecule has 0 spiro atoms. The normalized spacial score (nSPS) is 12.4. The molecule has 3 aromatic heterocycles.